The number of hydrogen-bond donors (Lipinski definition) is 0. The van der Waals surface area contributed by atoms with Crippen molar-refractivity contribution in [2.75, 3.05) is 0 Å². The van der Waals surface area contributed by atoms with Gasteiger partial charge in [0.05, 0.1) is 19.3 Å². The van der Waals surface area contributed by atoms with Gasteiger partial charge in [-0.15, -0.1) is 13.2 Å². The molecule has 0 N–H and O–H groups in total. The molecule has 2 aromatic rings. The molecular weight excluding hydrogens is 492 g/mol. The van der Waals surface area contributed by atoms with Gasteiger partial charge in [-0.05, 0) is 42.1 Å². The maximum absolute atomic E-state index is 12.2. The van der Waals surface area contributed by atoms with E-state index < -0.39 is 32.7 Å². The lowest BCUT2D eigenvalue weighted by Gasteiger charge is -2.43. The van der Waals surface area contributed by atoms with Gasteiger partial charge in [0, 0.05) is 6.92 Å². The summed E-state index contributed by atoms with van der Waals surface area (Å²) in [6, 6.07) is 19.9. The Morgan fingerprint density at radius 2 is 1.39 bits per heavy atom. The molecule has 208 valence electrons. The fraction of sp³-hybridized carbons (Fsp3) is 0.469. The molecular formula is C32H46O5Si. The van der Waals surface area contributed by atoms with Gasteiger partial charge in [0.1, 0.15) is 18.3 Å². The number of ether oxygens (including phenoxy) is 3. The van der Waals surface area contributed by atoms with E-state index in [4.69, 9.17) is 18.6 Å². The SMILES string of the molecule is C=CCC[C@@H](OC(C)=O)[C@H](OCc1ccccc1)[C@H](OCc1ccccc1)[C@@H](C=C)O[Si](C)(C)C(C)(C)C. The van der Waals surface area contributed by atoms with Gasteiger partial charge in [0.25, 0.3) is 0 Å². The highest BCUT2D eigenvalue weighted by molar-refractivity contribution is 6.74. The quantitative estimate of drug-likeness (QED) is 0.125. The number of allylic oxidation sites excluding steroid dienone is 1. The molecule has 0 spiro atoms. The number of carbonyl (C=O) groups is 1. The van der Waals surface area contributed by atoms with Crippen molar-refractivity contribution in [1.29, 1.82) is 0 Å². The molecule has 2 aromatic carbocycles. The van der Waals surface area contributed by atoms with Crippen LogP contribution in [0.25, 0.3) is 0 Å². The molecule has 0 bridgehead atoms. The van der Waals surface area contributed by atoms with Crippen LogP contribution < -0.4 is 0 Å². The first-order valence-corrected chi connectivity index (χ1v) is 16.3. The molecule has 0 aliphatic carbocycles. The lowest BCUT2D eigenvalue weighted by Crippen LogP contribution is -2.53. The van der Waals surface area contributed by atoms with Crippen LogP contribution in [0.15, 0.2) is 86.0 Å². The third-order valence-corrected chi connectivity index (χ3v) is 11.5. The molecule has 0 amide bonds. The van der Waals surface area contributed by atoms with Crippen molar-refractivity contribution < 1.29 is 23.4 Å². The Labute approximate surface area is 231 Å². The second kappa shape index (κ2) is 15.2. The van der Waals surface area contributed by atoms with Gasteiger partial charge in [-0.3, -0.25) is 4.79 Å². The van der Waals surface area contributed by atoms with Crippen LogP contribution in [0.4, 0.5) is 0 Å². The maximum Gasteiger partial charge on any atom is 0.302 e. The monoisotopic (exact) mass is 538 g/mol. The molecule has 0 unspecified atom stereocenters. The summed E-state index contributed by atoms with van der Waals surface area (Å²) in [5.41, 5.74) is 2.05. The molecule has 6 heteroatoms. The van der Waals surface area contributed by atoms with Crippen molar-refractivity contribution in [3.8, 4) is 0 Å². The first-order chi connectivity index (χ1) is 18.0. The highest BCUT2D eigenvalue weighted by atomic mass is 28.4. The second-order valence-electron chi connectivity index (χ2n) is 11.1. The van der Waals surface area contributed by atoms with Crippen molar-refractivity contribution in [2.45, 2.75) is 96.3 Å². The summed E-state index contributed by atoms with van der Waals surface area (Å²) in [6.07, 6.45) is 2.64. The third kappa shape index (κ3) is 9.99. The Morgan fingerprint density at radius 3 is 1.82 bits per heavy atom. The molecule has 0 heterocycles. The first kappa shape index (κ1) is 31.7. The minimum atomic E-state index is -2.22. The molecule has 2 rings (SSSR count). The number of carbonyl (C=O) groups excluding carboxylic acids is 1. The van der Waals surface area contributed by atoms with Crippen molar-refractivity contribution in [2.24, 2.45) is 0 Å². The highest BCUT2D eigenvalue weighted by Crippen LogP contribution is 2.38. The minimum absolute atomic E-state index is 0.0171. The molecule has 0 aromatic heterocycles. The molecule has 4 atom stereocenters. The topological polar surface area (TPSA) is 54.0 Å². The largest absolute Gasteiger partial charge is 0.460 e. The summed E-state index contributed by atoms with van der Waals surface area (Å²) in [7, 11) is -2.22. The van der Waals surface area contributed by atoms with Gasteiger partial charge in [0.2, 0.25) is 0 Å². The van der Waals surface area contributed by atoms with Crippen LogP contribution in [-0.2, 0) is 36.6 Å². The maximum atomic E-state index is 12.2. The van der Waals surface area contributed by atoms with E-state index in [0.717, 1.165) is 11.1 Å². The smallest absolute Gasteiger partial charge is 0.302 e. The summed E-state index contributed by atoms with van der Waals surface area (Å²) in [4.78, 5) is 12.2. The fourth-order valence-electron chi connectivity index (χ4n) is 3.88. The summed E-state index contributed by atoms with van der Waals surface area (Å²) in [5, 5.41) is -0.0171. The van der Waals surface area contributed by atoms with E-state index in [0.29, 0.717) is 26.1 Å². The van der Waals surface area contributed by atoms with E-state index in [9.17, 15) is 4.79 Å². The van der Waals surface area contributed by atoms with Gasteiger partial charge in [-0.25, -0.2) is 0 Å². The standard InChI is InChI=1S/C32H46O5Si/c1-9-11-22-29(36-25(3)33)31(35-24-27-20-16-13-17-21-27)30(34-23-26-18-14-12-15-19-26)28(10-2)37-38(7,8)32(4,5)6/h9-10,12-21,28-31H,1-2,11,22-24H2,3-8H3/t28-,29-,30-,31+/m1/s1. The average Bonchev–Trinajstić information content (AvgIpc) is 2.87. The van der Waals surface area contributed by atoms with E-state index in [1.807, 2.05) is 66.7 Å². The zero-order valence-corrected chi connectivity index (χ0v) is 25.0. The zero-order valence-electron chi connectivity index (χ0n) is 24.0. The van der Waals surface area contributed by atoms with Crippen LogP contribution in [0.2, 0.25) is 18.1 Å². The van der Waals surface area contributed by atoms with Crippen LogP contribution in [0.1, 0.15) is 51.7 Å². The number of esters is 1. The summed E-state index contributed by atoms with van der Waals surface area (Å²) < 4.78 is 25.9. The van der Waals surface area contributed by atoms with Gasteiger partial charge in [-0.1, -0.05) is 93.6 Å². The lowest BCUT2D eigenvalue weighted by atomic mass is 9.98. The van der Waals surface area contributed by atoms with Crippen molar-refractivity contribution in [3.05, 3.63) is 97.1 Å². The normalized spacial score (nSPS) is 15.2. The van der Waals surface area contributed by atoms with Gasteiger partial charge in [0.15, 0.2) is 8.32 Å². The van der Waals surface area contributed by atoms with E-state index in [2.05, 4.69) is 47.0 Å². The van der Waals surface area contributed by atoms with Crippen LogP contribution in [-0.4, -0.2) is 38.7 Å². The molecule has 5 nitrogen and oxygen atoms in total. The Bertz CT molecular complexity index is 984. The van der Waals surface area contributed by atoms with Gasteiger partial charge >= 0.3 is 5.97 Å². The number of hydrogen-bond acceptors (Lipinski definition) is 5. The number of benzene rings is 2. The first-order valence-electron chi connectivity index (χ1n) is 13.4. The van der Waals surface area contributed by atoms with Crippen LogP contribution in [0.5, 0.6) is 0 Å². The summed E-state index contributed by atoms with van der Waals surface area (Å²) >= 11 is 0. The Kier molecular flexibility index (Phi) is 12.7. The summed E-state index contributed by atoms with van der Waals surface area (Å²) in [6.45, 7) is 21.1. The highest BCUT2D eigenvalue weighted by Gasteiger charge is 2.44. The van der Waals surface area contributed by atoms with Gasteiger partial charge in [-0.2, -0.15) is 0 Å². The Balaban J connectivity index is 2.51. The van der Waals surface area contributed by atoms with Gasteiger partial charge < -0.3 is 18.6 Å². The Morgan fingerprint density at radius 1 is 0.895 bits per heavy atom. The van der Waals surface area contributed by atoms with Crippen molar-refractivity contribution >= 4 is 14.3 Å². The van der Waals surface area contributed by atoms with Crippen LogP contribution in [0.3, 0.4) is 0 Å². The van der Waals surface area contributed by atoms with Crippen molar-refractivity contribution in [3.63, 3.8) is 0 Å². The molecule has 0 fully saturated rings. The average molecular weight is 539 g/mol. The molecule has 0 aliphatic rings. The van der Waals surface area contributed by atoms with E-state index in [-0.39, 0.29) is 11.0 Å². The molecule has 0 aliphatic heterocycles. The van der Waals surface area contributed by atoms with E-state index in [1.54, 1.807) is 6.08 Å². The molecule has 0 saturated carbocycles. The zero-order chi connectivity index (χ0) is 28.2. The van der Waals surface area contributed by atoms with E-state index in [1.165, 1.54) is 6.92 Å². The predicted octanol–water partition coefficient (Wildman–Crippen LogP) is 7.63. The molecule has 0 radical (unpaired) electrons. The predicted molar refractivity (Wildman–Crippen MR) is 157 cm³/mol. The molecule has 0 saturated heterocycles. The van der Waals surface area contributed by atoms with E-state index >= 15 is 0 Å². The minimum Gasteiger partial charge on any atom is -0.460 e. The van der Waals surface area contributed by atoms with Crippen LogP contribution in [0, 0.1) is 0 Å². The van der Waals surface area contributed by atoms with Crippen molar-refractivity contribution in [1.82, 2.24) is 0 Å². The Hall–Kier alpha value is -2.51. The second-order valence-corrected chi connectivity index (χ2v) is 15.9. The third-order valence-electron chi connectivity index (χ3n) is 7.03. The fourth-order valence-corrected chi connectivity index (χ4v) is 5.14. The summed E-state index contributed by atoms with van der Waals surface area (Å²) in [5.74, 6) is -0.366. The van der Waals surface area contributed by atoms with Crippen LogP contribution >= 0.6 is 0 Å². The lowest BCUT2D eigenvalue weighted by molar-refractivity contribution is -0.180. The molecule has 38 heavy (non-hydrogen) atoms. The number of rotatable bonds is 16.